The molecule has 1 N–H and O–H groups in total. The lowest BCUT2D eigenvalue weighted by Gasteiger charge is -2.20. The topological polar surface area (TPSA) is 68.0 Å². The number of hydrogen-bond acceptors (Lipinski definition) is 3. The van der Waals surface area contributed by atoms with E-state index in [1.165, 1.54) is 0 Å². The van der Waals surface area contributed by atoms with Crippen LogP contribution in [0, 0.1) is 0 Å². The van der Waals surface area contributed by atoms with Crippen molar-refractivity contribution in [3.63, 3.8) is 0 Å². The summed E-state index contributed by atoms with van der Waals surface area (Å²) in [6, 6.07) is 9.74. The minimum absolute atomic E-state index is 0.524. The molecule has 92 valence electrons. The van der Waals surface area contributed by atoms with Gasteiger partial charge in [-0.15, -0.1) is 10.2 Å². The fraction of sp³-hybridized carbons (Fsp3) is 0.308. The number of rotatable bonds is 2. The highest BCUT2D eigenvalue weighted by molar-refractivity contribution is 5.75. The molecule has 0 spiro atoms. The van der Waals surface area contributed by atoms with Gasteiger partial charge in [0.25, 0.3) is 0 Å². The van der Waals surface area contributed by atoms with E-state index in [2.05, 4.69) is 10.2 Å². The predicted molar refractivity (Wildman–Crippen MR) is 65.1 cm³/mol. The van der Waals surface area contributed by atoms with Gasteiger partial charge in [0.15, 0.2) is 5.82 Å². The molecule has 1 unspecified atom stereocenters. The van der Waals surface area contributed by atoms with Crippen LogP contribution in [0.15, 0.2) is 30.3 Å². The van der Waals surface area contributed by atoms with Crippen LogP contribution in [0.4, 0.5) is 0 Å². The molecule has 1 aromatic heterocycles. The van der Waals surface area contributed by atoms with E-state index in [1.807, 2.05) is 34.9 Å². The van der Waals surface area contributed by atoms with E-state index >= 15 is 0 Å². The molecule has 0 bridgehead atoms. The molecular formula is C13H13N3O2. The van der Waals surface area contributed by atoms with Crippen LogP contribution >= 0.6 is 0 Å². The zero-order chi connectivity index (χ0) is 12.5. The lowest BCUT2D eigenvalue weighted by atomic mass is 9.99. The summed E-state index contributed by atoms with van der Waals surface area (Å²) in [4.78, 5) is 11.2. The highest BCUT2D eigenvalue weighted by Gasteiger charge is 2.30. The van der Waals surface area contributed by atoms with Crippen molar-refractivity contribution in [1.82, 2.24) is 14.8 Å². The molecule has 0 fully saturated rings. The first-order valence-corrected chi connectivity index (χ1v) is 5.98. The molecule has 1 aromatic carbocycles. The Hall–Kier alpha value is -2.17. The maximum atomic E-state index is 11.2. The molecule has 1 atom stereocenters. The average molecular weight is 243 g/mol. The van der Waals surface area contributed by atoms with Crippen LogP contribution in [0.2, 0.25) is 0 Å². The normalized spacial score (nSPS) is 18.3. The van der Waals surface area contributed by atoms with Gasteiger partial charge in [0.2, 0.25) is 0 Å². The fourth-order valence-electron chi connectivity index (χ4n) is 2.41. The molecular weight excluding hydrogens is 230 g/mol. The summed E-state index contributed by atoms with van der Waals surface area (Å²) < 4.78 is 1.93. The molecule has 18 heavy (non-hydrogen) atoms. The quantitative estimate of drug-likeness (QED) is 0.874. The molecule has 0 saturated heterocycles. The van der Waals surface area contributed by atoms with Crippen molar-refractivity contribution >= 4 is 5.97 Å². The number of nitrogens with zero attached hydrogens (tertiary/aromatic N) is 3. The SMILES string of the molecule is O=C(O)C1CCCn2c(-c3ccccc3)nnc21. The van der Waals surface area contributed by atoms with Crippen LogP contribution in [0.25, 0.3) is 11.4 Å². The zero-order valence-electron chi connectivity index (χ0n) is 9.78. The smallest absolute Gasteiger partial charge is 0.314 e. The van der Waals surface area contributed by atoms with Gasteiger partial charge in [0, 0.05) is 12.1 Å². The second kappa shape index (κ2) is 4.25. The summed E-state index contributed by atoms with van der Waals surface area (Å²) in [6.45, 7) is 0.788. The maximum absolute atomic E-state index is 11.2. The minimum Gasteiger partial charge on any atom is -0.481 e. The molecule has 2 aromatic rings. The highest BCUT2D eigenvalue weighted by Crippen LogP contribution is 2.29. The van der Waals surface area contributed by atoms with Crippen molar-refractivity contribution in [2.75, 3.05) is 0 Å². The van der Waals surface area contributed by atoms with Gasteiger partial charge in [-0.3, -0.25) is 4.79 Å². The number of carbonyl (C=O) groups is 1. The third-order valence-electron chi connectivity index (χ3n) is 3.30. The van der Waals surface area contributed by atoms with E-state index < -0.39 is 11.9 Å². The van der Waals surface area contributed by atoms with Crippen molar-refractivity contribution < 1.29 is 9.90 Å². The second-order valence-electron chi connectivity index (χ2n) is 4.43. The molecule has 5 nitrogen and oxygen atoms in total. The number of fused-ring (bicyclic) bond motifs is 1. The Morgan fingerprint density at radius 2 is 2.06 bits per heavy atom. The van der Waals surface area contributed by atoms with Crippen LogP contribution in [0.3, 0.4) is 0 Å². The molecule has 0 amide bonds. The number of carboxylic acids is 1. The molecule has 5 heteroatoms. The molecule has 0 saturated carbocycles. The monoisotopic (exact) mass is 243 g/mol. The van der Waals surface area contributed by atoms with Crippen LogP contribution in [0.5, 0.6) is 0 Å². The highest BCUT2D eigenvalue weighted by atomic mass is 16.4. The maximum Gasteiger partial charge on any atom is 0.314 e. The lowest BCUT2D eigenvalue weighted by molar-refractivity contribution is -0.139. The van der Waals surface area contributed by atoms with Gasteiger partial charge >= 0.3 is 5.97 Å². The van der Waals surface area contributed by atoms with Crippen LogP contribution in [0.1, 0.15) is 24.6 Å². The van der Waals surface area contributed by atoms with Gasteiger partial charge in [0.1, 0.15) is 11.7 Å². The van der Waals surface area contributed by atoms with E-state index in [1.54, 1.807) is 0 Å². The average Bonchev–Trinajstić information content (AvgIpc) is 2.83. The van der Waals surface area contributed by atoms with E-state index in [0.717, 1.165) is 24.4 Å². The number of hydrogen-bond donors (Lipinski definition) is 1. The standard InChI is InChI=1S/C13H13N3O2/c17-13(18)10-7-4-8-16-11(14-15-12(10)16)9-5-2-1-3-6-9/h1-3,5-6,10H,4,7-8H2,(H,17,18). The van der Waals surface area contributed by atoms with Crippen molar-refractivity contribution in [1.29, 1.82) is 0 Å². The van der Waals surface area contributed by atoms with Gasteiger partial charge in [-0.25, -0.2) is 0 Å². The summed E-state index contributed by atoms with van der Waals surface area (Å²) in [5, 5.41) is 17.4. The second-order valence-corrected chi connectivity index (χ2v) is 4.43. The summed E-state index contributed by atoms with van der Waals surface area (Å²) in [7, 11) is 0. The Morgan fingerprint density at radius 3 is 2.78 bits per heavy atom. The third kappa shape index (κ3) is 1.68. The van der Waals surface area contributed by atoms with Crippen LogP contribution in [-0.4, -0.2) is 25.8 Å². The van der Waals surface area contributed by atoms with Gasteiger partial charge in [-0.05, 0) is 12.8 Å². The first-order valence-electron chi connectivity index (χ1n) is 5.98. The number of benzene rings is 1. The Morgan fingerprint density at radius 1 is 1.28 bits per heavy atom. The molecule has 3 rings (SSSR count). The first kappa shape index (κ1) is 11.0. The predicted octanol–water partition coefficient (Wildman–Crippen LogP) is 1.91. The largest absolute Gasteiger partial charge is 0.481 e. The van der Waals surface area contributed by atoms with Crippen LogP contribution < -0.4 is 0 Å². The Kier molecular flexibility index (Phi) is 2.59. The van der Waals surface area contributed by atoms with Gasteiger partial charge < -0.3 is 9.67 Å². The minimum atomic E-state index is -0.817. The zero-order valence-corrected chi connectivity index (χ0v) is 9.78. The van der Waals surface area contributed by atoms with E-state index in [9.17, 15) is 9.90 Å². The Labute approximate surface area is 104 Å². The van der Waals surface area contributed by atoms with Gasteiger partial charge in [-0.1, -0.05) is 30.3 Å². The van der Waals surface area contributed by atoms with Crippen molar-refractivity contribution in [3.05, 3.63) is 36.2 Å². The van der Waals surface area contributed by atoms with Crippen molar-refractivity contribution in [2.24, 2.45) is 0 Å². The molecule has 0 aliphatic carbocycles. The summed E-state index contributed by atoms with van der Waals surface area (Å²) in [6.07, 6.45) is 1.49. The van der Waals surface area contributed by atoms with E-state index in [4.69, 9.17) is 0 Å². The van der Waals surface area contributed by atoms with E-state index in [-0.39, 0.29) is 0 Å². The molecule has 0 radical (unpaired) electrons. The summed E-state index contributed by atoms with van der Waals surface area (Å²) in [5.74, 6) is -0.00386. The molecule has 1 aliphatic rings. The fourth-order valence-corrected chi connectivity index (χ4v) is 2.41. The Balaban J connectivity index is 2.08. The number of carboxylic acid groups (broad SMARTS) is 1. The van der Waals surface area contributed by atoms with Crippen molar-refractivity contribution in [2.45, 2.75) is 25.3 Å². The lowest BCUT2D eigenvalue weighted by Crippen LogP contribution is -2.22. The van der Waals surface area contributed by atoms with Gasteiger partial charge in [0.05, 0.1) is 0 Å². The number of aliphatic carboxylic acids is 1. The molecule has 1 aliphatic heterocycles. The van der Waals surface area contributed by atoms with Gasteiger partial charge in [-0.2, -0.15) is 0 Å². The van der Waals surface area contributed by atoms with Crippen molar-refractivity contribution in [3.8, 4) is 11.4 Å². The summed E-state index contributed by atoms with van der Waals surface area (Å²) in [5.41, 5.74) is 0.974. The number of aromatic nitrogens is 3. The Bertz CT molecular complexity index is 577. The molecule has 2 heterocycles. The third-order valence-corrected chi connectivity index (χ3v) is 3.30. The first-order chi connectivity index (χ1) is 8.77. The summed E-state index contributed by atoms with van der Waals surface area (Å²) >= 11 is 0. The van der Waals surface area contributed by atoms with Crippen LogP contribution in [-0.2, 0) is 11.3 Å². The van der Waals surface area contributed by atoms with E-state index in [0.29, 0.717) is 12.2 Å².